The number of likely N-dealkylation sites (tertiary alicyclic amines) is 2. The lowest BCUT2D eigenvalue weighted by Gasteiger charge is -2.55. The maximum Gasteiger partial charge on any atom is 0.0830 e. The third kappa shape index (κ3) is 13.3. The van der Waals surface area contributed by atoms with Gasteiger partial charge in [-0.25, -0.2) is 0 Å². The highest BCUT2D eigenvalue weighted by atomic mass is 16.6. The van der Waals surface area contributed by atoms with E-state index in [9.17, 15) is 0 Å². The molecule has 3 aliphatic heterocycles. The van der Waals surface area contributed by atoms with Gasteiger partial charge in [0, 0.05) is 57.1 Å². The van der Waals surface area contributed by atoms with Crippen molar-refractivity contribution >= 4 is 0 Å². The number of rotatable bonds is 24. The van der Waals surface area contributed by atoms with Crippen molar-refractivity contribution in [3.05, 3.63) is 0 Å². The van der Waals surface area contributed by atoms with Gasteiger partial charge in [0.05, 0.1) is 99.0 Å². The van der Waals surface area contributed by atoms with E-state index in [1.54, 1.807) is 0 Å². The van der Waals surface area contributed by atoms with Crippen LogP contribution in [0, 0.1) is 11.3 Å². The second-order valence-corrected chi connectivity index (χ2v) is 21.4. The quantitative estimate of drug-likeness (QED) is 0.104. The van der Waals surface area contributed by atoms with Gasteiger partial charge in [-0.15, -0.1) is 0 Å². The molecular weight excluding hydrogens is 700 g/mol. The predicted octanol–water partition coefficient (Wildman–Crippen LogP) is 6.28. The van der Waals surface area contributed by atoms with Crippen LogP contribution in [0.4, 0.5) is 0 Å². The van der Waals surface area contributed by atoms with Crippen molar-refractivity contribution < 1.29 is 42.6 Å². The van der Waals surface area contributed by atoms with Gasteiger partial charge in [-0.05, 0) is 127 Å². The molecule has 0 aromatic carbocycles. The maximum absolute atomic E-state index is 6.23. The van der Waals surface area contributed by atoms with Crippen LogP contribution >= 0.6 is 0 Å². The lowest BCUT2D eigenvalue weighted by Crippen LogP contribution is -2.66. The molecule has 55 heavy (non-hydrogen) atoms. The van der Waals surface area contributed by atoms with Crippen molar-refractivity contribution in [1.82, 2.24) is 9.80 Å². The molecule has 3 saturated carbocycles. The van der Waals surface area contributed by atoms with Crippen LogP contribution in [0.15, 0.2) is 0 Å². The van der Waals surface area contributed by atoms with E-state index >= 15 is 0 Å². The minimum Gasteiger partial charge on any atom is -0.381 e. The van der Waals surface area contributed by atoms with Crippen molar-refractivity contribution in [2.75, 3.05) is 85.6 Å². The fourth-order valence-electron chi connectivity index (χ4n) is 9.10. The molecule has 3 heterocycles. The van der Waals surface area contributed by atoms with E-state index in [-0.39, 0.29) is 27.7 Å². The molecule has 0 unspecified atom stereocenters. The fraction of sp³-hybridized carbons (Fsp3) is 1.00. The first-order chi connectivity index (χ1) is 25.8. The summed E-state index contributed by atoms with van der Waals surface area (Å²) in [7, 11) is 0. The van der Waals surface area contributed by atoms with Gasteiger partial charge in [0.2, 0.25) is 0 Å². The van der Waals surface area contributed by atoms with Crippen molar-refractivity contribution in [1.29, 1.82) is 0 Å². The van der Waals surface area contributed by atoms with Crippen molar-refractivity contribution in [2.24, 2.45) is 11.3 Å². The Morgan fingerprint density at radius 1 is 0.509 bits per heavy atom. The Morgan fingerprint density at radius 3 is 1.47 bits per heavy atom. The molecule has 0 radical (unpaired) electrons. The van der Waals surface area contributed by atoms with Crippen LogP contribution in [0.1, 0.15) is 121 Å². The van der Waals surface area contributed by atoms with E-state index in [2.05, 4.69) is 79.0 Å². The topological polar surface area (TPSA) is 89.6 Å². The van der Waals surface area contributed by atoms with Gasteiger partial charge in [0.1, 0.15) is 0 Å². The molecule has 3 aliphatic carbocycles. The minimum atomic E-state index is -0.0884. The third-order valence-electron chi connectivity index (χ3n) is 12.6. The zero-order valence-electron chi connectivity index (χ0n) is 36.5. The van der Waals surface area contributed by atoms with Crippen LogP contribution in [0.5, 0.6) is 0 Å². The third-order valence-corrected chi connectivity index (χ3v) is 12.6. The molecule has 6 aliphatic rings. The van der Waals surface area contributed by atoms with Gasteiger partial charge in [0.25, 0.3) is 0 Å². The Hall–Kier alpha value is -0.440. The van der Waals surface area contributed by atoms with Crippen molar-refractivity contribution in [3.63, 3.8) is 0 Å². The highest BCUT2D eigenvalue weighted by molar-refractivity contribution is 5.01. The summed E-state index contributed by atoms with van der Waals surface area (Å²) in [6.45, 7) is 32.8. The molecule has 0 aromatic rings. The molecule has 0 aromatic heterocycles. The summed E-state index contributed by atoms with van der Waals surface area (Å²) in [6.07, 6.45) is 10.6. The largest absolute Gasteiger partial charge is 0.381 e. The highest BCUT2D eigenvalue weighted by Gasteiger charge is 2.46. The van der Waals surface area contributed by atoms with Gasteiger partial charge in [-0.1, -0.05) is 0 Å². The summed E-state index contributed by atoms with van der Waals surface area (Å²) in [5, 5.41) is 0. The molecule has 3 saturated heterocycles. The van der Waals surface area contributed by atoms with Crippen LogP contribution < -0.4 is 0 Å². The van der Waals surface area contributed by atoms with Crippen LogP contribution in [-0.2, 0) is 42.6 Å². The van der Waals surface area contributed by atoms with E-state index in [4.69, 9.17) is 42.6 Å². The Kier molecular flexibility index (Phi) is 14.8. The summed E-state index contributed by atoms with van der Waals surface area (Å²) in [5.74, 6) is 0.637. The van der Waals surface area contributed by atoms with Gasteiger partial charge >= 0.3 is 0 Å². The molecule has 0 bridgehead atoms. The second kappa shape index (κ2) is 18.4. The molecule has 0 atom stereocenters. The summed E-state index contributed by atoms with van der Waals surface area (Å²) in [4.78, 5) is 5.17. The lowest BCUT2D eigenvalue weighted by molar-refractivity contribution is -0.208. The van der Waals surface area contributed by atoms with E-state index in [1.807, 2.05) is 0 Å². The van der Waals surface area contributed by atoms with E-state index in [0.29, 0.717) is 81.7 Å². The van der Waals surface area contributed by atoms with Crippen molar-refractivity contribution in [2.45, 2.75) is 186 Å². The molecule has 0 N–H and O–H groups in total. The standard InChI is InChI=1S/C44H80N2O9/c1-40(2,3)54-36-18-34(19-36)52-26-32-16-33(17-32)50-14-15-51-39-24-46(25-39)43(9,10)27-42(7,8)45-22-38(23-45)49-13-11-12-47-28-44(29-48-30-44)31-53-35-20-37(21-35)55-41(4,5)6/h32-39H,11-31H2,1-10H3. The average molecular weight is 781 g/mol. The first-order valence-electron chi connectivity index (χ1n) is 21.9. The van der Waals surface area contributed by atoms with Crippen LogP contribution in [0.3, 0.4) is 0 Å². The number of hydrogen-bond donors (Lipinski definition) is 0. The first kappa shape index (κ1) is 44.1. The van der Waals surface area contributed by atoms with Crippen molar-refractivity contribution in [3.8, 4) is 0 Å². The van der Waals surface area contributed by atoms with E-state index in [0.717, 1.165) is 104 Å². The summed E-state index contributed by atoms with van der Waals surface area (Å²) < 4.78 is 54.6. The van der Waals surface area contributed by atoms with Crippen LogP contribution in [0.25, 0.3) is 0 Å². The van der Waals surface area contributed by atoms with Gasteiger partial charge in [-0.2, -0.15) is 0 Å². The van der Waals surface area contributed by atoms with Gasteiger partial charge in [-0.3, -0.25) is 9.80 Å². The number of nitrogens with zero attached hydrogens (tertiary/aromatic N) is 2. The molecular formula is C44H80N2O9. The summed E-state index contributed by atoms with van der Waals surface area (Å²) in [6, 6.07) is 0. The SMILES string of the molecule is CC(C)(C)OC1CC(OCC2CC(OCCOC3CN(C(C)(C)CC(C)(C)N4CC(OCCCOCC5(COC6CC(OC(C)(C)C)C6)COC5)C4)C3)C2)C1. The smallest absolute Gasteiger partial charge is 0.0830 e. The normalized spacial score (nSPS) is 30.9. The van der Waals surface area contributed by atoms with E-state index in [1.165, 1.54) is 0 Å². The zero-order valence-corrected chi connectivity index (χ0v) is 36.5. The monoisotopic (exact) mass is 781 g/mol. The molecule has 0 spiro atoms. The van der Waals surface area contributed by atoms with Crippen LogP contribution in [-0.4, -0.2) is 160 Å². The highest BCUT2D eigenvalue weighted by Crippen LogP contribution is 2.38. The Morgan fingerprint density at radius 2 is 0.982 bits per heavy atom. The van der Waals surface area contributed by atoms with Gasteiger partial charge in [0.15, 0.2) is 0 Å². The van der Waals surface area contributed by atoms with Crippen LogP contribution in [0.2, 0.25) is 0 Å². The maximum atomic E-state index is 6.23. The second-order valence-electron chi connectivity index (χ2n) is 21.4. The Balaban J connectivity index is 0.732. The van der Waals surface area contributed by atoms with E-state index < -0.39 is 0 Å². The Bertz CT molecular complexity index is 1150. The molecule has 11 heteroatoms. The summed E-state index contributed by atoms with van der Waals surface area (Å²) in [5.41, 5.74) is 0.0765. The number of hydrogen-bond acceptors (Lipinski definition) is 11. The zero-order chi connectivity index (χ0) is 39.5. The Labute approximate surface area is 334 Å². The molecule has 11 nitrogen and oxygen atoms in total. The predicted molar refractivity (Wildman–Crippen MR) is 214 cm³/mol. The molecule has 6 rings (SSSR count). The van der Waals surface area contributed by atoms with Gasteiger partial charge < -0.3 is 42.6 Å². The lowest BCUT2D eigenvalue weighted by atomic mass is 9.81. The average Bonchev–Trinajstić information content (AvgIpc) is 2.94. The fourth-order valence-corrected chi connectivity index (χ4v) is 9.10. The molecule has 320 valence electrons. The minimum absolute atomic E-state index is 0.00292. The number of ether oxygens (including phenoxy) is 9. The molecule has 6 fully saturated rings. The summed E-state index contributed by atoms with van der Waals surface area (Å²) >= 11 is 0. The first-order valence-corrected chi connectivity index (χ1v) is 21.9. The molecule has 0 amide bonds.